The molecule has 1 amide bonds. The lowest BCUT2D eigenvalue weighted by Crippen LogP contribution is -2.30. The number of Topliss-reactive ketones (excluding diaryl/α,β-unsaturated/α-hetero) is 1. The van der Waals surface area contributed by atoms with Crippen LogP contribution in [0.5, 0.6) is 11.5 Å². The number of ketones is 1. The average molecular weight is 584 g/mol. The maximum absolute atomic E-state index is 13.4. The largest absolute Gasteiger partial charge is 0.494 e. The van der Waals surface area contributed by atoms with Gasteiger partial charge in [-0.3, -0.25) is 19.8 Å². The molecule has 0 aromatic heterocycles. The van der Waals surface area contributed by atoms with Gasteiger partial charge >= 0.3 is 5.97 Å². The number of aliphatic carboxylic acids is 1. The number of nitrogens with zero attached hydrogens (tertiary/aromatic N) is 1. The number of ether oxygens (including phenoxy) is 2. The summed E-state index contributed by atoms with van der Waals surface area (Å²) in [4.78, 5) is 38.6. The first-order valence-electron chi connectivity index (χ1n) is 12.0. The molecule has 1 aliphatic rings. The Morgan fingerprint density at radius 2 is 1.79 bits per heavy atom. The molecule has 0 aliphatic carbocycles. The third-order valence-corrected chi connectivity index (χ3v) is 6.10. The lowest BCUT2D eigenvalue weighted by atomic mass is 9.84. The van der Waals surface area contributed by atoms with Crippen LogP contribution in [-0.4, -0.2) is 67.4 Å². The molecule has 1 heterocycles. The van der Waals surface area contributed by atoms with Crippen LogP contribution in [0.25, 0.3) is 0 Å². The van der Waals surface area contributed by atoms with E-state index in [1.807, 2.05) is 27.7 Å². The van der Waals surface area contributed by atoms with E-state index < -0.39 is 5.97 Å². The molecule has 1 aliphatic heterocycles. The molecule has 4 N–H and O–H groups in total. The maximum Gasteiger partial charge on any atom is 0.322 e. The third-order valence-electron chi connectivity index (χ3n) is 6.10. The topological polar surface area (TPSA) is 141 Å². The Morgan fingerprint density at radius 1 is 1.13 bits per heavy atom. The molecule has 2 aromatic rings. The minimum Gasteiger partial charge on any atom is -0.494 e. The maximum atomic E-state index is 13.4. The van der Waals surface area contributed by atoms with Crippen LogP contribution in [0.4, 0.5) is 5.69 Å². The molecule has 0 atom stereocenters. The van der Waals surface area contributed by atoms with Gasteiger partial charge in [0.15, 0.2) is 5.78 Å². The second-order valence-corrected chi connectivity index (χ2v) is 9.75. The van der Waals surface area contributed by atoms with E-state index in [-0.39, 0.29) is 60.8 Å². The quantitative estimate of drug-likeness (QED) is 0.306. The van der Waals surface area contributed by atoms with Crippen molar-refractivity contribution >= 4 is 54.0 Å². The fourth-order valence-corrected chi connectivity index (χ4v) is 4.28. The lowest BCUT2D eigenvalue weighted by molar-refractivity contribution is -0.134. The van der Waals surface area contributed by atoms with Crippen molar-refractivity contribution in [3.05, 3.63) is 52.1 Å². The number of nitrogens with one attached hydrogen (secondary N) is 3. The van der Waals surface area contributed by atoms with E-state index in [2.05, 4.69) is 10.6 Å². The molecule has 0 unspecified atom stereocenters. The number of methoxy groups -OCH3 is 1. The molecule has 214 valence electrons. The Bertz CT molecular complexity index is 1260. The van der Waals surface area contributed by atoms with Gasteiger partial charge < -0.3 is 30.1 Å². The summed E-state index contributed by atoms with van der Waals surface area (Å²) >= 11 is 0. The van der Waals surface area contributed by atoms with Crippen molar-refractivity contribution in [2.45, 2.75) is 39.7 Å². The van der Waals surface area contributed by atoms with Gasteiger partial charge in [0.2, 0.25) is 0 Å². The zero-order chi connectivity index (χ0) is 27.5. The van der Waals surface area contributed by atoms with Gasteiger partial charge in [-0.2, -0.15) is 0 Å². The molecule has 0 fully saturated rings. The van der Waals surface area contributed by atoms with Crippen LogP contribution in [-0.2, 0) is 16.8 Å². The number of amidine groups is 1. The second kappa shape index (κ2) is 13.5. The number of carbonyl (C=O) groups is 3. The normalized spacial score (nSPS) is 12.1. The Morgan fingerprint density at radius 3 is 2.33 bits per heavy atom. The number of rotatable bonds is 10. The van der Waals surface area contributed by atoms with Crippen molar-refractivity contribution in [1.29, 1.82) is 5.41 Å². The number of hydrogen-bond acceptors (Lipinski definition) is 7. The number of carbonyl (C=O) groups excluding carboxylic acids is 2. The van der Waals surface area contributed by atoms with E-state index in [1.165, 1.54) is 14.2 Å². The van der Waals surface area contributed by atoms with Gasteiger partial charge in [-0.1, -0.05) is 20.8 Å². The molecular formula is C27H36Cl2N4O6. The Balaban J connectivity index is 0.00000380. The lowest BCUT2D eigenvalue weighted by Gasteiger charge is -2.25. The standard InChI is InChI=1S/C27H34N4O6.2ClH/c1-7-37-22-10-16-13-31(25(28)17(16)11-18(22)26(35)29-5)14-21(32)15-8-19(27(2,3)4)24(36-6)20(9-15)30-12-23(33)34;;/h8-11,28,30H,7,12-14H2,1-6H3,(H,29,35)(H,33,34);2*1H. The fraction of sp³-hybridized carbons (Fsp3) is 0.407. The van der Waals surface area contributed by atoms with Gasteiger partial charge in [0.25, 0.3) is 5.91 Å². The number of anilines is 1. The monoisotopic (exact) mass is 582 g/mol. The Labute approximate surface area is 240 Å². The smallest absolute Gasteiger partial charge is 0.322 e. The van der Waals surface area contributed by atoms with Gasteiger partial charge in [-0.05, 0) is 42.2 Å². The summed E-state index contributed by atoms with van der Waals surface area (Å²) in [5, 5.41) is 23.2. The summed E-state index contributed by atoms with van der Waals surface area (Å²) in [5.74, 6) is -0.534. The van der Waals surface area contributed by atoms with Crippen molar-refractivity contribution in [3.8, 4) is 11.5 Å². The number of halogens is 2. The number of carboxylic acid groups (broad SMARTS) is 1. The summed E-state index contributed by atoms with van der Waals surface area (Å²) in [6.45, 7) is 8.07. The van der Waals surface area contributed by atoms with Crippen molar-refractivity contribution in [3.63, 3.8) is 0 Å². The van der Waals surface area contributed by atoms with E-state index in [9.17, 15) is 14.4 Å². The van der Waals surface area contributed by atoms with Crippen molar-refractivity contribution in [1.82, 2.24) is 10.2 Å². The Hall–Kier alpha value is -3.50. The minimum absolute atomic E-state index is 0. The first-order chi connectivity index (χ1) is 17.4. The highest BCUT2D eigenvalue weighted by molar-refractivity contribution is 6.08. The van der Waals surface area contributed by atoms with E-state index in [4.69, 9.17) is 20.0 Å². The molecule has 10 nitrogen and oxygen atoms in total. The van der Waals surface area contributed by atoms with Crippen molar-refractivity contribution in [2.24, 2.45) is 0 Å². The van der Waals surface area contributed by atoms with E-state index >= 15 is 0 Å². The first-order valence-corrected chi connectivity index (χ1v) is 12.0. The Kier molecular flexibility index (Phi) is 11.6. The molecule has 0 saturated carbocycles. The molecule has 0 radical (unpaired) electrons. The number of carboxylic acids is 1. The van der Waals surface area contributed by atoms with Crippen LogP contribution < -0.4 is 20.1 Å². The second-order valence-electron chi connectivity index (χ2n) is 9.75. The van der Waals surface area contributed by atoms with Crippen LogP contribution in [0.3, 0.4) is 0 Å². The number of fused-ring (bicyclic) bond motifs is 1. The zero-order valence-electron chi connectivity index (χ0n) is 22.9. The van der Waals surface area contributed by atoms with E-state index in [0.29, 0.717) is 47.0 Å². The molecule has 0 bridgehead atoms. The molecule has 39 heavy (non-hydrogen) atoms. The zero-order valence-corrected chi connectivity index (χ0v) is 24.5. The minimum atomic E-state index is -1.04. The molecule has 2 aromatic carbocycles. The van der Waals surface area contributed by atoms with Crippen LogP contribution >= 0.6 is 24.8 Å². The van der Waals surface area contributed by atoms with Gasteiger partial charge in [-0.15, -0.1) is 24.8 Å². The summed E-state index contributed by atoms with van der Waals surface area (Å²) < 4.78 is 11.2. The molecule has 0 spiro atoms. The summed E-state index contributed by atoms with van der Waals surface area (Å²) in [5.41, 5.74) is 2.86. The molecule has 12 heteroatoms. The van der Waals surface area contributed by atoms with Crippen molar-refractivity contribution < 1.29 is 29.0 Å². The van der Waals surface area contributed by atoms with Crippen LogP contribution in [0.15, 0.2) is 24.3 Å². The van der Waals surface area contributed by atoms with Gasteiger partial charge in [-0.25, -0.2) is 0 Å². The van der Waals surface area contributed by atoms with Gasteiger partial charge in [0.1, 0.15) is 23.9 Å². The summed E-state index contributed by atoms with van der Waals surface area (Å²) in [6.07, 6.45) is 0. The number of benzene rings is 2. The number of hydrogen-bond donors (Lipinski definition) is 4. The SMILES string of the molecule is CCOc1cc2c(cc1C(=O)NC)C(=N)N(CC(=O)c1cc(NCC(=O)O)c(OC)c(C(C)(C)C)c1)C2.Cl.Cl. The predicted molar refractivity (Wildman–Crippen MR) is 155 cm³/mol. The fourth-order valence-electron chi connectivity index (χ4n) is 4.28. The highest BCUT2D eigenvalue weighted by atomic mass is 35.5. The van der Waals surface area contributed by atoms with E-state index in [0.717, 1.165) is 11.1 Å². The summed E-state index contributed by atoms with van der Waals surface area (Å²) in [7, 11) is 3.03. The van der Waals surface area contributed by atoms with E-state index in [1.54, 1.807) is 29.2 Å². The van der Waals surface area contributed by atoms with Crippen molar-refractivity contribution in [2.75, 3.05) is 39.2 Å². The van der Waals surface area contributed by atoms with Crippen LogP contribution in [0.1, 0.15) is 65.1 Å². The highest BCUT2D eigenvalue weighted by Crippen LogP contribution is 2.39. The van der Waals surface area contributed by atoms with Gasteiger partial charge in [0, 0.05) is 30.3 Å². The molecule has 0 saturated heterocycles. The molecular weight excluding hydrogens is 547 g/mol. The average Bonchev–Trinajstić information content (AvgIpc) is 3.14. The summed E-state index contributed by atoms with van der Waals surface area (Å²) in [6, 6.07) is 6.73. The predicted octanol–water partition coefficient (Wildman–Crippen LogP) is 4.11. The van der Waals surface area contributed by atoms with Gasteiger partial charge in [0.05, 0.1) is 31.5 Å². The number of amides is 1. The highest BCUT2D eigenvalue weighted by Gasteiger charge is 2.30. The van der Waals surface area contributed by atoms with Crippen LogP contribution in [0, 0.1) is 5.41 Å². The first kappa shape index (κ1) is 33.5. The third kappa shape index (κ3) is 7.33. The van der Waals surface area contributed by atoms with Crippen LogP contribution in [0.2, 0.25) is 0 Å². The molecule has 3 rings (SSSR count).